The molecule has 1 aliphatic rings. The van der Waals surface area contributed by atoms with E-state index in [2.05, 4.69) is 0 Å². The molecule has 0 amide bonds. The van der Waals surface area contributed by atoms with Crippen molar-refractivity contribution in [2.75, 3.05) is 0 Å². The molecule has 0 bridgehead atoms. The van der Waals surface area contributed by atoms with Crippen LogP contribution >= 0.6 is 0 Å². The highest BCUT2D eigenvalue weighted by molar-refractivity contribution is 5.28. The summed E-state index contributed by atoms with van der Waals surface area (Å²) < 4.78 is 13.6. The zero-order valence-corrected chi connectivity index (χ0v) is 7.46. The second-order valence-corrected chi connectivity index (χ2v) is 3.85. The van der Waals surface area contributed by atoms with Crippen LogP contribution in [0.15, 0.2) is 24.3 Å². The molecule has 13 heavy (non-hydrogen) atoms. The molecule has 0 heterocycles. The molecule has 1 aromatic rings. The smallest absolute Gasteiger partial charge is 0.115 e. The van der Waals surface area contributed by atoms with Gasteiger partial charge in [0.2, 0.25) is 0 Å². The molecule has 1 N–H and O–H groups in total. The van der Waals surface area contributed by atoms with Gasteiger partial charge in [0.15, 0.2) is 0 Å². The lowest BCUT2D eigenvalue weighted by Crippen LogP contribution is -2.33. The fourth-order valence-corrected chi connectivity index (χ4v) is 1.77. The van der Waals surface area contributed by atoms with Gasteiger partial charge in [0.05, 0.1) is 0 Å². The van der Waals surface area contributed by atoms with E-state index in [4.69, 9.17) is 0 Å². The highest BCUT2D eigenvalue weighted by atomic mass is 19.1. The number of phenolic OH excluding ortho intramolecular Hbond substituents is 1. The van der Waals surface area contributed by atoms with Crippen molar-refractivity contribution in [3.63, 3.8) is 0 Å². The maximum atomic E-state index is 13.6. The van der Waals surface area contributed by atoms with Gasteiger partial charge in [0.1, 0.15) is 11.4 Å². The number of aromatic hydroxyl groups is 1. The van der Waals surface area contributed by atoms with Crippen LogP contribution in [0.1, 0.15) is 24.8 Å². The third kappa shape index (κ3) is 1.82. The summed E-state index contributed by atoms with van der Waals surface area (Å²) in [6, 6.07) is 6.86. The Morgan fingerprint density at radius 1 is 1.38 bits per heavy atom. The molecule has 0 aliphatic heterocycles. The molecule has 1 aromatic carbocycles. The van der Waals surface area contributed by atoms with Crippen molar-refractivity contribution in [3.05, 3.63) is 29.8 Å². The largest absolute Gasteiger partial charge is 0.508 e. The number of halogens is 1. The lowest BCUT2D eigenvalue weighted by atomic mass is 9.78. The predicted octanol–water partition coefficient (Wildman–Crippen LogP) is 2.83. The molecule has 1 nitrogen and oxygen atoms in total. The summed E-state index contributed by atoms with van der Waals surface area (Å²) >= 11 is 0. The maximum absolute atomic E-state index is 13.6. The van der Waals surface area contributed by atoms with E-state index in [1.807, 2.05) is 6.07 Å². The molecule has 1 fully saturated rings. The minimum absolute atomic E-state index is 0.223. The van der Waals surface area contributed by atoms with E-state index < -0.39 is 5.67 Å². The lowest BCUT2D eigenvalue weighted by Gasteiger charge is -2.33. The van der Waals surface area contributed by atoms with Crippen molar-refractivity contribution in [1.82, 2.24) is 0 Å². The van der Waals surface area contributed by atoms with Crippen molar-refractivity contribution >= 4 is 0 Å². The summed E-state index contributed by atoms with van der Waals surface area (Å²) in [5.41, 5.74) is -0.101. The SMILES string of the molecule is Oc1cccc(CC2(F)CCC2)c1. The molecular weight excluding hydrogens is 167 g/mol. The van der Waals surface area contributed by atoms with Gasteiger partial charge in [0, 0.05) is 6.42 Å². The van der Waals surface area contributed by atoms with Gasteiger partial charge in [-0.1, -0.05) is 12.1 Å². The van der Waals surface area contributed by atoms with Crippen LogP contribution in [0, 0.1) is 0 Å². The summed E-state index contributed by atoms with van der Waals surface area (Å²) in [4.78, 5) is 0. The standard InChI is InChI=1S/C11H13FO/c12-11(5-2-6-11)8-9-3-1-4-10(13)7-9/h1,3-4,7,13H,2,5-6,8H2. The Morgan fingerprint density at radius 3 is 2.69 bits per heavy atom. The van der Waals surface area contributed by atoms with Crippen LogP contribution in [-0.2, 0) is 6.42 Å². The molecule has 0 spiro atoms. The van der Waals surface area contributed by atoms with Crippen LogP contribution in [0.2, 0.25) is 0 Å². The molecule has 0 radical (unpaired) electrons. The number of rotatable bonds is 2. The molecule has 70 valence electrons. The van der Waals surface area contributed by atoms with Crippen molar-refractivity contribution in [2.24, 2.45) is 0 Å². The third-order valence-corrected chi connectivity index (χ3v) is 2.68. The minimum atomic E-state index is -0.992. The van der Waals surface area contributed by atoms with Gasteiger partial charge in [-0.15, -0.1) is 0 Å². The lowest BCUT2D eigenvalue weighted by molar-refractivity contribution is 0.0641. The zero-order chi connectivity index (χ0) is 9.31. The Hall–Kier alpha value is -1.05. The Labute approximate surface area is 77.2 Å². The van der Waals surface area contributed by atoms with Crippen LogP contribution in [0.5, 0.6) is 5.75 Å². The van der Waals surface area contributed by atoms with Crippen molar-refractivity contribution in [1.29, 1.82) is 0 Å². The zero-order valence-electron chi connectivity index (χ0n) is 7.46. The Morgan fingerprint density at radius 2 is 2.15 bits per heavy atom. The van der Waals surface area contributed by atoms with E-state index in [0.717, 1.165) is 12.0 Å². The highest BCUT2D eigenvalue weighted by Gasteiger charge is 2.36. The number of hydrogen-bond donors (Lipinski definition) is 1. The van der Waals surface area contributed by atoms with Crippen molar-refractivity contribution in [3.8, 4) is 5.75 Å². The van der Waals surface area contributed by atoms with Crippen LogP contribution in [-0.4, -0.2) is 10.8 Å². The van der Waals surface area contributed by atoms with Gasteiger partial charge < -0.3 is 5.11 Å². The van der Waals surface area contributed by atoms with Crippen LogP contribution < -0.4 is 0 Å². The molecule has 0 atom stereocenters. The number of alkyl halides is 1. The van der Waals surface area contributed by atoms with E-state index in [0.29, 0.717) is 19.3 Å². The first-order valence-corrected chi connectivity index (χ1v) is 4.65. The highest BCUT2D eigenvalue weighted by Crippen LogP contribution is 2.38. The monoisotopic (exact) mass is 180 g/mol. The fraction of sp³-hybridized carbons (Fsp3) is 0.455. The van der Waals surface area contributed by atoms with Crippen LogP contribution in [0.4, 0.5) is 4.39 Å². The Bertz CT molecular complexity index is 305. The minimum Gasteiger partial charge on any atom is -0.508 e. The summed E-state index contributed by atoms with van der Waals surface area (Å²) in [6.07, 6.45) is 2.78. The quantitative estimate of drug-likeness (QED) is 0.742. The van der Waals surface area contributed by atoms with Crippen molar-refractivity contribution < 1.29 is 9.50 Å². The molecular formula is C11H13FO. The first-order valence-electron chi connectivity index (χ1n) is 4.65. The Kier molecular flexibility index (Phi) is 1.98. The van der Waals surface area contributed by atoms with Crippen LogP contribution in [0.25, 0.3) is 0 Å². The second-order valence-electron chi connectivity index (χ2n) is 3.85. The normalized spacial score (nSPS) is 19.5. The second kappa shape index (κ2) is 3.02. The summed E-state index contributed by atoms with van der Waals surface area (Å²) in [5.74, 6) is 0.223. The number of phenols is 1. The molecule has 0 aromatic heterocycles. The van der Waals surface area contributed by atoms with E-state index in [-0.39, 0.29) is 5.75 Å². The van der Waals surface area contributed by atoms with Gasteiger partial charge in [-0.05, 0) is 37.0 Å². The molecule has 2 heteroatoms. The average Bonchev–Trinajstić information content (AvgIpc) is 2.01. The number of benzene rings is 1. The van der Waals surface area contributed by atoms with Gasteiger partial charge in [-0.2, -0.15) is 0 Å². The van der Waals surface area contributed by atoms with E-state index in [9.17, 15) is 9.50 Å². The topological polar surface area (TPSA) is 20.2 Å². The number of hydrogen-bond acceptors (Lipinski definition) is 1. The third-order valence-electron chi connectivity index (χ3n) is 2.68. The first-order chi connectivity index (χ1) is 6.18. The van der Waals surface area contributed by atoms with Gasteiger partial charge in [-0.3, -0.25) is 0 Å². The van der Waals surface area contributed by atoms with E-state index in [1.165, 1.54) is 0 Å². The first kappa shape index (κ1) is 8.54. The van der Waals surface area contributed by atoms with Gasteiger partial charge in [-0.25, -0.2) is 4.39 Å². The molecule has 0 unspecified atom stereocenters. The molecule has 0 saturated heterocycles. The van der Waals surface area contributed by atoms with Gasteiger partial charge in [0.25, 0.3) is 0 Å². The molecule has 1 saturated carbocycles. The van der Waals surface area contributed by atoms with Crippen molar-refractivity contribution in [2.45, 2.75) is 31.4 Å². The Balaban J connectivity index is 2.09. The summed E-state index contributed by atoms with van der Waals surface area (Å²) in [6.45, 7) is 0. The average molecular weight is 180 g/mol. The van der Waals surface area contributed by atoms with Crippen LogP contribution in [0.3, 0.4) is 0 Å². The predicted molar refractivity (Wildman–Crippen MR) is 49.5 cm³/mol. The summed E-state index contributed by atoms with van der Waals surface area (Å²) in [7, 11) is 0. The van der Waals surface area contributed by atoms with E-state index in [1.54, 1.807) is 18.2 Å². The molecule has 1 aliphatic carbocycles. The molecule has 2 rings (SSSR count). The van der Waals surface area contributed by atoms with E-state index >= 15 is 0 Å². The van der Waals surface area contributed by atoms with Gasteiger partial charge >= 0.3 is 0 Å². The summed E-state index contributed by atoms with van der Waals surface area (Å²) in [5, 5.41) is 9.18. The fourth-order valence-electron chi connectivity index (χ4n) is 1.77. The maximum Gasteiger partial charge on any atom is 0.115 e.